The van der Waals surface area contributed by atoms with Gasteiger partial charge in [-0.15, -0.1) is 0 Å². The summed E-state index contributed by atoms with van der Waals surface area (Å²) >= 11 is 0. The van der Waals surface area contributed by atoms with Crippen LogP contribution in [0, 0.1) is 11.6 Å². The van der Waals surface area contributed by atoms with Gasteiger partial charge >= 0.3 is 0 Å². The van der Waals surface area contributed by atoms with E-state index in [1.165, 1.54) is 18.2 Å². The summed E-state index contributed by atoms with van der Waals surface area (Å²) in [5.41, 5.74) is 1.24. The quantitative estimate of drug-likeness (QED) is 0.288. The number of benzene rings is 2. The zero-order valence-corrected chi connectivity index (χ0v) is 17.5. The predicted molar refractivity (Wildman–Crippen MR) is 112 cm³/mol. The summed E-state index contributed by atoms with van der Waals surface area (Å²) in [6, 6.07) is 8.27. The van der Waals surface area contributed by atoms with Crippen molar-refractivity contribution in [3.63, 3.8) is 0 Å². The maximum Gasteiger partial charge on any atom is 0.199 e. The van der Waals surface area contributed by atoms with Crippen LogP contribution < -0.4 is 4.74 Å². The van der Waals surface area contributed by atoms with E-state index in [9.17, 15) is 18.7 Å². The molecule has 0 bridgehead atoms. The van der Waals surface area contributed by atoms with E-state index in [0.717, 1.165) is 30.9 Å². The zero-order chi connectivity index (χ0) is 22.2. The van der Waals surface area contributed by atoms with Crippen molar-refractivity contribution in [1.29, 1.82) is 0 Å². The molecule has 31 heavy (non-hydrogen) atoms. The van der Waals surface area contributed by atoms with Gasteiger partial charge in [-0.05, 0) is 37.0 Å². The van der Waals surface area contributed by atoms with Crippen LogP contribution in [0.2, 0.25) is 0 Å². The second-order valence-electron chi connectivity index (χ2n) is 7.17. The summed E-state index contributed by atoms with van der Waals surface area (Å²) in [5.74, 6) is -2.94. The van der Waals surface area contributed by atoms with Gasteiger partial charge in [0, 0.05) is 17.7 Å². The molecular weight excluding hydrogens is 406 g/mol. The molecule has 0 unspecified atom stereocenters. The number of ether oxygens (including phenoxy) is 3. The minimum Gasteiger partial charge on any atom is -0.507 e. The van der Waals surface area contributed by atoms with Gasteiger partial charge in [-0.25, -0.2) is 8.78 Å². The Hall–Kier alpha value is -2.77. The average Bonchev–Trinajstić information content (AvgIpc) is 3.63. The predicted octanol–water partition coefficient (Wildman–Crippen LogP) is 5.08. The molecule has 0 amide bonds. The number of aliphatic hydroxyl groups excluding tert-OH is 1. The lowest BCUT2D eigenvalue weighted by molar-refractivity contribution is 0.0364. The standard InChI is InChI=1S/C24H26F2O5/c1-2-11-29-12-13-30-14-15-31-20-10-9-19(25)22(26)21(20)24(28)18-7-5-17(6-8-18)23(27)16-3-4-16/h5-10,27H,2-4,11-15H2,1H3. The molecule has 1 saturated carbocycles. The number of halogens is 2. The molecule has 0 heterocycles. The van der Waals surface area contributed by atoms with Gasteiger partial charge in [0.25, 0.3) is 0 Å². The number of ketones is 1. The molecule has 1 fully saturated rings. The molecule has 2 aromatic rings. The molecule has 2 aromatic carbocycles. The van der Waals surface area contributed by atoms with Crippen molar-refractivity contribution >= 4 is 11.5 Å². The van der Waals surface area contributed by atoms with E-state index in [1.807, 2.05) is 6.92 Å². The molecule has 166 valence electrons. The Morgan fingerprint density at radius 3 is 2.16 bits per heavy atom. The van der Waals surface area contributed by atoms with Crippen molar-refractivity contribution in [2.45, 2.75) is 26.2 Å². The molecule has 0 aliphatic heterocycles. The van der Waals surface area contributed by atoms with Gasteiger partial charge in [0.15, 0.2) is 17.4 Å². The molecule has 1 aliphatic carbocycles. The van der Waals surface area contributed by atoms with Crippen molar-refractivity contribution in [2.75, 3.05) is 33.0 Å². The average molecular weight is 432 g/mol. The van der Waals surface area contributed by atoms with Crippen LogP contribution in [0.3, 0.4) is 0 Å². The SMILES string of the molecule is CCCOCCOCCOc1ccc(F)c(F)c1C(=O)c1ccc(C(O)=C2CC2)cc1. The van der Waals surface area contributed by atoms with E-state index in [1.54, 1.807) is 12.1 Å². The number of aliphatic hydroxyl groups is 1. The van der Waals surface area contributed by atoms with Crippen LogP contribution in [0.15, 0.2) is 42.0 Å². The van der Waals surface area contributed by atoms with Gasteiger partial charge < -0.3 is 19.3 Å². The van der Waals surface area contributed by atoms with Gasteiger partial charge in [-0.1, -0.05) is 31.2 Å². The smallest absolute Gasteiger partial charge is 0.199 e. The summed E-state index contributed by atoms with van der Waals surface area (Å²) in [6.45, 7) is 3.81. The maximum atomic E-state index is 14.5. The summed E-state index contributed by atoms with van der Waals surface area (Å²) in [6.07, 6.45) is 2.64. The molecule has 3 rings (SSSR count). The molecule has 0 atom stereocenters. The Kier molecular flexibility index (Phi) is 8.14. The van der Waals surface area contributed by atoms with Crippen LogP contribution in [0.25, 0.3) is 5.76 Å². The lowest BCUT2D eigenvalue weighted by Crippen LogP contribution is -2.14. The fraction of sp³-hybridized carbons (Fsp3) is 0.375. The molecule has 0 saturated heterocycles. The molecule has 0 radical (unpaired) electrons. The fourth-order valence-corrected chi connectivity index (χ4v) is 2.97. The monoisotopic (exact) mass is 432 g/mol. The number of hydrogen-bond donors (Lipinski definition) is 1. The van der Waals surface area contributed by atoms with Crippen LogP contribution in [0.5, 0.6) is 5.75 Å². The number of carbonyl (C=O) groups excluding carboxylic acids is 1. The van der Waals surface area contributed by atoms with Gasteiger partial charge in [0.2, 0.25) is 0 Å². The molecule has 5 nitrogen and oxygen atoms in total. The largest absolute Gasteiger partial charge is 0.507 e. The van der Waals surface area contributed by atoms with Crippen molar-refractivity contribution in [3.8, 4) is 5.75 Å². The second kappa shape index (κ2) is 11.0. The molecular formula is C24H26F2O5. The molecule has 1 N–H and O–H groups in total. The number of carbonyl (C=O) groups is 1. The van der Waals surface area contributed by atoms with E-state index in [2.05, 4.69) is 0 Å². The molecule has 1 aliphatic rings. The first-order valence-electron chi connectivity index (χ1n) is 10.3. The third kappa shape index (κ3) is 6.12. The lowest BCUT2D eigenvalue weighted by Gasteiger charge is -2.13. The van der Waals surface area contributed by atoms with E-state index in [4.69, 9.17) is 14.2 Å². The third-order valence-corrected chi connectivity index (χ3v) is 4.74. The first-order valence-corrected chi connectivity index (χ1v) is 10.3. The molecule has 7 heteroatoms. The van der Waals surface area contributed by atoms with Crippen molar-refractivity contribution in [1.82, 2.24) is 0 Å². The summed E-state index contributed by atoms with van der Waals surface area (Å²) in [5, 5.41) is 10.1. The summed E-state index contributed by atoms with van der Waals surface area (Å²) in [4.78, 5) is 12.9. The van der Waals surface area contributed by atoms with E-state index < -0.39 is 23.0 Å². The van der Waals surface area contributed by atoms with E-state index >= 15 is 0 Å². The van der Waals surface area contributed by atoms with Crippen LogP contribution in [-0.2, 0) is 9.47 Å². The molecule has 0 aromatic heterocycles. The van der Waals surface area contributed by atoms with E-state index in [0.29, 0.717) is 25.4 Å². The molecule has 0 spiro atoms. The number of allylic oxidation sites excluding steroid dienone is 1. The third-order valence-electron chi connectivity index (χ3n) is 4.74. The van der Waals surface area contributed by atoms with Crippen molar-refractivity contribution < 1.29 is 32.9 Å². The minimum atomic E-state index is -1.26. The van der Waals surface area contributed by atoms with Crippen molar-refractivity contribution in [3.05, 3.63) is 70.3 Å². The first kappa shape index (κ1) is 22.9. The second-order valence-corrected chi connectivity index (χ2v) is 7.17. The highest BCUT2D eigenvalue weighted by Gasteiger charge is 2.24. The maximum absolute atomic E-state index is 14.5. The zero-order valence-electron chi connectivity index (χ0n) is 17.5. The topological polar surface area (TPSA) is 65.0 Å². The van der Waals surface area contributed by atoms with Crippen molar-refractivity contribution in [2.24, 2.45) is 0 Å². The Bertz CT molecular complexity index is 932. The number of rotatable bonds is 12. The van der Waals surface area contributed by atoms with Crippen LogP contribution >= 0.6 is 0 Å². The summed E-state index contributed by atoms with van der Waals surface area (Å²) < 4.78 is 44.5. The highest BCUT2D eigenvalue weighted by atomic mass is 19.2. The van der Waals surface area contributed by atoms with Crippen LogP contribution in [-0.4, -0.2) is 43.9 Å². The van der Waals surface area contributed by atoms with E-state index in [-0.39, 0.29) is 30.3 Å². The lowest BCUT2D eigenvalue weighted by atomic mass is 10.00. The normalized spacial score (nSPS) is 12.7. The van der Waals surface area contributed by atoms with Gasteiger partial charge in [0.1, 0.15) is 23.7 Å². The van der Waals surface area contributed by atoms with Gasteiger partial charge in [0.05, 0.1) is 19.8 Å². The Labute approximate surface area is 180 Å². The summed E-state index contributed by atoms with van der Waals surface area (Å²) in [7, 11) is 0. The highest BCUT2D eigenvalue weighted by molar-refractivity contribution is 6.11. The Balaban J connectivity index is 1.66. The highest BCUT2D eigenvalue weighted by Crippen LogP contribution is 2.35. The minimum absolute atomic E-state index is 0.0539. The first-order chi connectivity index (χ1) is 15.0. The number of hydrogen-bond acceptors (Lipinski definition) is 5. The van der Waals surface area contributed by atoms with Gasteiger partial charge in [-0.2, -0.15) is 0 Å². The van der Waals surface area contributed by atoms with Gasteiger partial charge in [-0.3, -0.25) is 4.79 Å². The van der Waals surface area contributed by atoms with Crippen LogP contribution in [0.4, 0.5) is 8.78 Å². The fourth-order valence-electron chi connectivity index (χ4n) is 2.97. The Morgan fingerprint density at radius 2 is 1.52 bits per heavy atom. The van der Waals surface area contributed by atoms with Crippen LogP contribution in [0.1, 0.15) is 47.7 Å². The Morgan fingerprint density at radius 1 is 0.903 bits per heavy atom.